The van der Waals surface area contributed by atoms with E-state index < -0.39 is 0 Å². The SMILES string of the molecule is Cc1cc(CCl)cnc1Oc1cccc2ncccc12. The van der Waals surface area contributed by atoms with Crippen molar-refractivity contribution in [2.75, 3.05) is 0 Å². The number of aryl methyl sites for hydroxylation is 1. The third-order valence-electron chi connectivity index (χ3n) is 3.05. The summed E-state index contributed by atoms with van der Waals surface area (Å²) in [6.07, 6.45) is 3.50. The number of alkyl halides is 1. The molecule has 0 unspecified atom stereocenters. The molecular formula is C16H13ClN2O. The van der Waals surface area contributed by atoms with Crippen LogP contribution < -0.4 is 4.74 Å². The molecule has 2 heterocycles. The zero-order valence-corrected chi connectivity index (χ0v) is 11.8. The largest absolute Gasteiger partial charge is 0.438 e. The van der Waals surface area contributed by atoms with Crippen LogP contribution >= 0.6 is 11.6 Å². The summed E-state index contributed by atoms with van der Waals surface area (Å²) in [5, 5.41) is 0.970. The average Bonchev–Trinajstić information content (AvgIpc) is 2.49. The van der Waals surface area contributed by atoms with Gasteiger partial charge in [0.2, 0.25) is 5.88 Å². The number of ether oxygens (including phenoxy) is 1. The molecule has 0 saturated carbocycles. The van der Waals surface area contributed by atoms with Gasteiger partial charge >= 0.3 is 0 Å². The molecule has 4 heteroatoms. The van der Waals surface area contributed by atoms with E-state index >= 15 is 0 Å². The first-order valence-corrected chi connectivity index (χ1v) is 6.84. The Morgan fingerprint density at radius 1 is 1.15 bits per heavy atom. The topological polar surface area (TPSA) is 35.0 Å². The van der Waals surface area contributed by atoms with E-state index in [1.807, 2.05) is 43.3 Å². The summed E-state index contributed by atoms with van der Waals surface area (Å²) in [5.74, 6) is 1.80. The minimum absolute atomic E-state index is 0.451. The molecule has 0 spiro atoms. The van der Waals surface area contributed by atoms with E-state index in [0.717, 1.165) is 27.8 Å². The highest BCUT2D eigenvalue weighted by molar-refractivity contribution is 6.17. The van der Waals surface area contributed by atoms with Crippen molar-refractivity contribution in [2.24, 2.45) is 0 Å². The molecule has 0 saturated heterocycles. The molecular weight excluding hydrogens is 272 g/mol. The molecule has 0 radical (unpaired) electrons. The van der Waals surface area contributed by atoms with Crippen LogP contribution in [0.3, 0.4) is 0 Å². The molecule has 20 heavy (non-hydrogen) atoms. The first-order chi connectivity index (χ1) is 9.78. The number of pyridine rings is 2. The number of nitrogens with zero attached hydrogens (tertiary/aromatic N) is 2. The minimum Gasteiger partial charge on any atom is -0.438 e. The van der Waals surface area contributed by atoms with Crippen LogP contribution in [0.5, 0.6) is 11.6 Å². The lowest BCUT2D eigenvalue weighted by atomic mass is 10.2. The third-order valence-corrected chi connectivity index (χ3v) is 3.36. The van der Waals surface area contributed by atoms with E-state index in [0.29, 0.717) is 11.8 Å². The lowest BCUT2D eigenvalue weighted by Crippen LogP contribution is -1.94. The first-order valence-electron chi connectivity index (χ1n) is 6.31. The molecule has 3 nitrogen and oxygen atoms in total. The Bertz CT molecular complexity index is 753. The highest BCUT2D eigenvalue weighted by Gasteiger charge is 2.07. The molecule has 3 rings (SSSR count). The van der Waals surface area contributed by atoms with Crippen molar-refractivity contribution < 1.29 is 4.74 Å². The summed E-state index contributed by atoms with van der Waals surface area (Å²) < 4.78 is 5.93. The Hall–Kier alpha value is -2.13. The predicted octanol–water partition coefficient (Wildman–Crippen LogP) is 4.47. The highest BCUT2D eigenvalue weighted by atomic mass is 35.5. The van der Waals surface area contributed by atoms with Gasteiger partial charge in [-0.3, -0.25) is 4.98 Å². The molecule has 0 atom stereocenters. The molecule has 1 aromatic carbocycles. The van der Waals surface area contributed by atoms with Crippen molar-refractivity contribution in [1.29, 1.82) is 0 Å². The molecule has 0 fully saturated rings. The number of fused-ring (bicyclic) bond motifs is 1. The normalized spacial score (nSPS) is 10.7. The van der Waals surface area contributed by atoms with Crippen LogP contribution in [0.25, 0.3) is 10.9 Å². The van der Waals surface area contributed by atoms with Gasteiger partial charge in [-0.2, -0.15) is 0 Å². The van der Waals surface area contributed by atoms with Gasteiger partial charge in [-0.15, -0.1) is 11.6 Å². The third kappa shape index (κ3) is 2.45. The summed E-state index contributed by atoms with van der Waals surface area (Å²) in [7, 11) is 0. The van der Waals surface area contributed by atoms with Gasteiger partial charge in [-0.25, -0.2) is 4.98 Å². The van der Waals surface area contributed by atoms with Crippen LogP contribution in [-0.2, 0) is 5.88 Å². The molecule has 100 valence electrons. The van der Waals surface area contributed by atoms with Crippen molar-refractivity contribution in [3.8, 4) is 11.6 Å². The molecule has 0 N–H and O–H groups in total. The number of rotatable bonds is 3. The van der Waals surface area contributed by atoms with Crippen molar-refractivity contribution in [3.05, 3.63) is 59.9 Å². The minimum atomic E-state index is 0.451. The van der Waals surface area contributed by atoms with E-state index in [4.69, 9.17) is 16.3 Å². The van der Waals surface area contributed by atoms with Crippen molar-refractivity contribution in [3.63, 3.8) is 0 Å². The van der Waals surface area contributed by atoms with Crippen molar-refractivity contribution >= 4 is 22.5 Å². The molecule has 0 bridgehead atoms. The fourth-order valence-electron chi connectivity index (χ4n) is 2.07. The molecule has 0 aliphatic heterocycles. The second-order valence-electron chi connectivity index (χ2n) is 4.53. The van der Waals surface area contributed by atoms with E-state index in [-0.39, 0.29) is 0 Å². The number of halogens is 1. The lowest BCUT2D eigenvalue weighted by molar-refractivity contribution is 0.463. The first kappa shape index (κ1) is 12.9. The summed E-state index contributed by atoms with van der Waals surface area (Å²) in [4.78, 5) is 8.64. The summed E-state index contributed by atoms with van der Waals surface area (Å²) >= 11 is 5.80. The molecule has 0 aliphatic carbocycles. The highest BCUT2D eigenvalue weighted by Crippen LogP contribution is 2.29. The number of aromatic nitrogens is 2. The number of hydrogen-bond acceptors (Lipinski definition) is 3. The fraction of sp³-hybridized carbons (Fsp3) is 0.125. The Kier molecular flexibility index (Phi) is 3.52. The fourth-order valence-corrected chi connectivity index (χ4v) is 2.21. The zero-order chi connectivity index (χ0) is 13.9. The van der Waals surface area contributed by atoms with E-state index in [9.17, 15) is 0 Å². The van der Waals surface area contributed by atoms with E-state index in [2.05, 4.69) is 9.97 Å². The Balaban J connectivity index is 2.01. The van der Waals surface area contributed by atoms with Gasteiger partial charge in [-0.1, -0.05) is 6.07 Å². The van der Waals surface area contributed by atoms with E-state index in [1.54, 1.807) is 12.4 Å². The van der Waals surface area contributed by atoms with Crippen LogP contribution in [0.4, 0.5) is 0 Å². The maximum absolute atomic E-state index is 5.93. The summed E-state index contributed by atoms with van der Waals surface area (Å²) in [6, 6.07) is 11.7. The van der Waals surface area contributed by atoms with Gasteiger partial charge < -0.3 is 4.74 Å². The van der Waals surface area contributed by atoms with Crippen molar-refractivity contribution in [2.45, 2.75) is 12.8 Å². The van der Waals surface area contributed by atoms with Gasteiger partial charge in [0.1, 0.15) is 5.75 Å². The summed E-state index contributed by atoms with van der Waals surface area (Å²) in [5.41, 5.74) is 2.85. The van der Waals surface area contributed by atoms with Crippen molar-refractivity contribution in [1.82, 2.24) is 9.97 Å². The van der Waals surface area contributed by atoms with Crippen LogP contribution in [-0.4, -0.2) is 9.97 Å². The second-order valence-corrected chi connectivity index (χ2v) is 4.79. The van der Waals surface area contributed by atoms with Gasteiger partial charge in [0, 0.05) is 29.2 Å². The van der Waals surface area contributed by atoms with Gasteiger partial charge in [0.25, 0.3) is 0 Å². The number of benzene rings is 1. The Morgan fingerprint density at radius 3 is 2.85 bits per heavy atom. The monoisotopic (exact) mass is 284 g/mol. The predicted molar refractivity (Wildman–Crippen MR) is 80.3 cm³/mol. The van der Waals surface area contributed by atoms with Gasteiger partial charge in [0.15, 0.2) is 0 Å². The van der Waals surface area contributed by atoms with Gasteiger partial charge in [0.05, 0.1) is 5.52 Å². The average molecular weight is 285 g/mol. The Labute approximate surface area is 122 Å². The van der Waals surface area contributed by atoms with E-state index in [1.165, 1.54) is 0 Å². The molecule has 3 aromatic rings. The smallest absolute Gasteiger partial charge is 0.222 e. The van der Waals surface area contributed by atoms with Crippen LogP contribution in [0.1, 0.15) is 11.1 Å². The van der Waals surface area contributed by atoms with Crippen LogP contribution in [0, 0.1) is 6.92 Å². The van der Waals surface area contributed by atoms with Gasteiger partial charge in [-0.05, 0) is 42.8 Å². The standard InChI is InChI=1S/C16H13ClN2O/c1-11-8-12(9-17)10-19-16(11)20-15-6-2-5-14-13(15)4-3-7-18-14/h2-8,10H,9H2,1H3. The Morgan fingerprint density at radius 2 is 2.05 bits per heavy atom. The van der Waals surface area contributed by atoms with Crippen LogP contribution in [0.15, 0.2) is 48.8 Å². The molecule has 0 amide bonds. The molecule has 0 aliphatic rings. The summed E-state index contributed by atoms with van der Waals surface area (Å²) in [6.45, 7) is 1.96. The quantitative estimate of drug-likeness (QED) is 0.666. The number of hydrogen-bond donors (Lipinski definition) is 0. The maximum Gasteiger partial charge on any atom is 0.222 e. The van der Waals surface area contributed by atoms with Crippen LogP contribution in [0.2, 0.25) is 0 Å². The lowest BCUT2D eigenvalue weighted by Gasteiger charge is -2.10. The second kappa shape index (κ2) is 5.47. The molecule has 2 aromatic heterocycles. The zero-order valence-electron chi connectivity index (χ0n) is 11.0. The maximum atomic E-state index is 5.93.